The molecule has 0 radical (unpaired) electrons. The van der Waals surface area contributed by atoms with Crippen LogP contribution in [0.15, 0.2) is 30.3 Å². The minimum absolute atomic E-state index is 0.819. The number of nitrogens with one attached hydrogen (secondary N) is 1. The summed E-state index contributed by atoms with van der Waals surface area (Å²) in [6, 6.07) is 9.98. The SMILES string of the molecule is CCNc1cccc(N(C)Cc2ccc(Cl)s2)n1. The van der Waals surface area contributed by atoms with E-state index in [1.807, 2.05) is 31.3 Å². The number of halogens is 1. The lowest BCUT2D eigenvalue weighted by Crippen LogP contribution is -2.17. The Labute approximate surface area is 116 Å². The highest BCUT2D eigenvalue weighted by molar-refractivity contribution is 7.16. The van der Waals surface area contributed by atoms with E-state index in [0.29, 0.717) is 0 Å². The van der Waals surface area contributed by atoms with Gasteiger partial charge in [0.2, 0.25) is 0 Å². The van der Waals surface area contributed by atoms with Crippen molar-refractivity contribution >= 4 is 34.6 Å². The van der Waals surface area contributed by atoms with Crippen molar-refractivity contribution in [2.24, 2.45) is 0 Å². The molecular weight excluding hydrogens is 266 g/mol. The van der Waals surface area contributed by atoms with Crippen molar-refractivity contribution in [3.63, 3.8) is 0 Å². The first kappa shape index (κ1) is 13.2. The molecule has 0 aliphatic rings. The molecule has 0 bridgehead atoms. The van der Waals surface area contributed by atoms with Crippen LogP contribution in [-0.2, 0) is 6.54 Å². The van der Waals surface area contributed by atoms with Crippen molar-refractivity contribution in [3.8, 4) is 0 Å². The van der Waals surface area contributed by atoms with Crippen LogP contribution in [0, 0.1) is 0 Å². The van der Waals surface area contributed by atoms with Crippen LogP contribution in [0.4, 0.5) is 11.6 Å². The van der Waals surface area contributed by atoms with Crippen LogP contribution in [-0.4, -0.2) is 18.6 Å². The molecule has 0 amide bonds. The third-order valence-electron chi connectivity index (χ3n) is 2.51. The van der Waals surface area contributed by atoms with E-state index < -0.39 is 0 Å². The third-order valence-corrected chi connectivity index (χ3v) is 3.72. The normalized spacial score (nSPS) is 10.4. The molecule has 0 saturated carbocycles. The van der Waals surface area contributed by atoms with Gasteiger partial charge in [0.05, 0.1) is 10.9 Å². The molecule has 5 heteroatoms. The summed E-state index contributed by atoms with van der Waals surface area (Å²) in [5.74, 6) is 1.86. The van der Waals surface area contributed by atoms with Crippen LogP contribution in [0.5, 0.6) is 0 Å². The predicted molar refractivity (Wildman–Crippen MR) is 79.8 cm³/mol. The number of aromatic nitrogens is 1. The van der Waals surface area contributed by atoms with Crippen LogP contribution < -0.4 is 10.2 Å². The molecule has 3 nitrogen and oxygen atoms in total. The lowest BCUT2D eigenvalue weighted by Gasteiger charge is -2.18. The highest BCUT2D eigenvalue weighted by Crippen LogP contribution is 2.24. The van der Waals surface area contributed by atoms with Crippen LogP contribution in [0.2, 0.25) is 4.34 Å². The lowest BCUT2D eigenvalue weighted by molar-refractivity contribution is 0.912. The molecule has 0 unspecified atom stereocenters. The van der Waals surface area contributed by atoms with Gasteiger partial charge >= 0.3 is 0 Å². The molecule has 0 saturated heterocycles. The van der Waals surface area contributed by atoms with Gasteiger partial charge < -0.3 is 10.2 Å². The van der Waals surface area contributed by atoms with Crippen LogP contribution in [0.3, 0.4) is 0 Å². The van der Waals surface area contributed by atoms with E-state index >= 15 is 0 Å². The molecule has 1 N–H and O–H groups in total. The van der Waals surface area contributed by atoms with Gasteiger partial charge in [-0.25, -0.2) is 4.98 Å². The zero-order valence-electron chi connectivity index (χ0n) is 10.5. The Balaban J connectivity index is 2.08. The van der Waals surface area contributed by atoms with Crippen LogP contribution in [0.1, 0.15) is 11.8 Å². The standard InChI is InChI=1S/C13H16ClN3S/c1-3-15-12-5-4-6-13(16-12)17(2)9-10-7-8-11(14)18-10/h4-8H,3,9H2,1-2H3,(H,15,16). The second kappa shape index (κ2) is 6.07. The Morgan fingerprint density at radius 3 is 2.83 bits per heavy atom. The summed E-state index contributed by atoms with van der Waals surface area (Å²) in [6.07, 6.45) is 0. The van der Waals surface area contributed by atoms with Crippen molar-refractivity contribution in [1.82, 2.24) is 4.98 Å². The van der Waals surface area contributed by atoms with Gasteiger partial charge in [-0.05, 0) is 31.2 Å². The number of nitrogens with zero attached hydrogens (tertiary/aromatic N) is 2. The number of pyridine rings is 1. The summed E-state index contributed by atoms with van der Waals surface area (Å²) in [6.45, 7) is 3.76. The zero-order chi connectivity index (χ0) is 13.0. The van der Waals surface area contributed by atoms with E-state index in [4.69, 9.17) is 11.6 Å². The summed E-state index contributed by atoms with van der Waals surface area (Å²) >= 11 is 7.54. The van der Waals surface area contributed by atoms with Crippen molar-refractivity contribution in [1.29, 1.82) is 0 Å². The van der Waals surface area contributed by atoms with Crippen LogP contribution in [0.25, 0.3) is 0 Å². The molecule has 0 atom stereocenters. The molecule has 2 heterocycles. The lowest BCUT2D eigenvalue weighted by atomic mass is 10.4. The largest absolute Gasteiger partial charge is 0.370 e. The molecule has 0 aliphatic heterocycles. The Kier molecular flexibility index (Phi) is 4.44. The molecule has 2 aromatic rings. The maximum Gasteiger partial charge on any atom is 0.131 e. The fourth-order valence-corrected chi connectivity index (χ4v) is 2.81. The molecule has 96 valence electrons. The van der Waals surface area contributed by atoms with Gasteiger partial charge in [-0.3, -0.25) is 0 Å². The quantitative estimate of drug-likeness (QED) is 0.902. The average molecular weight is 282 g/mol. The smallest absolute Gasteiger partial charge is 0.131 e. The summed E-state index contributed by atoms with van der Waals surface area (Å²) in [5, 5.41) is 3.21. The molecule has 0 aliphatic carbocycles. The van der Waals surface area contributed by atoms with E-state index in [1.54, 1.807) is 11.3 Å². The van der Waals surface area contributed by atoms with Gasteiger partial charge in [-0.15, -0.1) is 11.3 Å². The highest BCUT2D eigenvalue weighted by atomic mass is 35.5. The fraction of sp³-hybridized carbons (Fsp3) is 0.308. The van der Waals surface area contributed by atoms with E-state index in [0.717, 1.165) is 29.1 Å². The zero-order valence-corrected chi connectivity index (χ0v) is 12.1. The Bertz CT molecular complexity index is 512. The van der Waals surface area contributed by atoms with E-state index in [2.05, 4.69) is 28.2 Å². The summed E-state index contributed by atoms with van der Waals surface area (Å²) in [7, 11) is 2.03. The summed E-state index contributed by atoms with van der Waals surface area (Å²) in [4.78, 5) is 7.90. The second-order valence-electron chi connectivity index (χ2n) is 3.97. The summed E-state index contributed by atoms with van der Waals surface area (Å²) in [5.41, 5.74) is 0. The maximum atomic E-state index is 5.93. The van der Waals surface area contributed by atoms with Crippen molar-refractivity contribution in [2.45, 2.75) is 13.5 Å². The highest BCUT2D eigenvalue weighted by Gasteiger charge is 2.06. The van der Waals surface area contributed by atoms with E-state index in [9.17, 15) is 0 Å². The molecule has 0 fully saturated rings. The number of thiophene rings is 1. The number of anilines is 2. The third kappa shape index (κ3) is 3.37. The Hall–Kier alpha value is -1.26. The second-order valence-corrected chi connectivity index (χ2v) is 5.77. The molecular formula is C13H16ClN3S. The summed E-state index contributed by atoms with van der Waals surface area (Å²) < 4.78 is 0.827. The predicted octanol–water partition coefficient (Wildman–Crippen LogP) is 3.86. The molecule has 2 aromatic heterocycles. The van der Waals surface area contributed by atoms with E-state index in [-0.39, 0.29) is 0 Å². The topological polar surface area (TPSA) is 28.2 Å². The van der Waals surface area contributed by atoms with Crippen molar-refractivity contribution in [3.05, 3.63) is 39.5 Å². The number of hydrogen-bond donors (Lipinski definition) is 1. The first-order chi connectivity index (χ1) is 8.69. The van der Waals surface area contributed by atoms with Gasteiger partial charge in [-0.2, -0.15) is 0 Å². The molecule has 18 heavy (non-hydrogen) atoms. The van der Waals surface area contributed by atoms with E-state index in [1.165, 1.54) is 4.88 Å². The molecule has 0 aromatic carbocycles. The fourth-order valence-electron chi connectivity index (χ4n) is 1.67. The molecule has 2 rings (SSSR count). The van der Waals surface area contributed by atoms with Crippen LogP contribution >= 0.6 is 22.9 Å². The first-order valence-electron chi connectivity index (χ1n) is 5.85. The van der Waals surface area contributed by atoms with Crippen molar-refractivity contribution < 1.29 is 0 Å². The number of rotatable bonds is 5. The first-order valence-corrected chi connectivity index (χ1v) is 7.04. The Morgan fingerprint density at radius 2 is 2.17 bits per heavy atom. The average Bonchev–Trinajstić information content (AvgIpc) is 2.75. The minimum Gasteiger partial charge on any atom is -0.370 e. The monoisotopic (exact) mass is 281 g/mol. The van der Waals surface area contributed by atoms with Gasteiger partial charge in [0.25, 0.3) is 0 Å². The van der Waals surface area contributed by atoms with Gasteiger partial charge in [0, 0.05) is 18.5 Å². The van der Waals surface area contributed by atoms with Gasteiger partial charge in [0.1, 0.15) is 11.6 Å². The number of hydrogen-bond acceptors (Lipinski definition) is 4. The maximum absolute atomic E-state index is 5.93. The van der Waals surface area contributed by atoms with Gasteiger partial charge in [-0.1, -0.05) is 17.7 Å². The Morgan fingerprint density at radius 1 is 1.33 bits per heavy atom. The van der Waals surface area contributed by atoms with Gasteiger partial charge in [0.15, 0.2) is 0 Å². The van der Waals surface area contributed by atoms with Crippen molar-refractivity contribution in [2.75, 3.05) is 23.8 Å². The molecule has 0 spiro atoms. The minimum atomic E-state index is 0.819.